The molecule has 19 heavy (non-hydrogen) atoms. The number of nitrogens with zero attached hydrogens (tertiary/aromatic N) is 5. The van der Waals surface area contributed by atoms with Crippen LogP contribution in [0.5, 0.6) is 0 Å². The van der Waals surface area contributed by atoms with Crippen LogP contribution in [0.2, 0.25) is 15.2 Å². The molecule has 0 aliphatic rings. The van der Waals surface area contributed by atoms with Gasteiger partial charge in [-0.15, -0.1) is 10.2 Å². The molecular formula is C10H5Cl3N6. The van der Waals surface area contributed by atoms with Crippen LogP contribution >= 0.6 is 34.8 Å². The minimum absolute atomic E-state index is 0.325. The molecule has 0 amide bonds. The molecule has 2 heterocycles. The Balaban J connectivity index is 2.15. The summed E-state index contributed by atoms with van der Waals surface area (Å²) < 4.78 is 1.46. The fourth-order valence-corrected chi connectivity index (χ4v) is 2.23. The van der Waals surface area contributed by atoms with Crippen LogP contribution in [-0.4, -0.2) is 30.4 Å². The maximum atomic E-state index is 6.25. The molecule has 2 aromatic heterocycles. The second-order valence-electron chi connectivity index (χ2n) is 3.57. The highest BCUT2D eigenvalue weighted by Crippen LogP contribution is 2.32. The van der Waals surface area contributed by atoms with Crippen molar-refractivity contribution in [2.24, 2.45) is 0 Å². The number of hydrogen-bond donors (Lipinski definition) is 1. The van der Waals surface area contributed by atoms with Gasteiger partial charge in [-0.1, -0.05) is 40.9 Å². The van der Waals surface area contributed by atoms with Crippen molar-refractivity contribution in [1.82, 2.24) is 30.4 Å². The van der Waals surface area contributed by atoms with Crippen LogP contribution in [-0.2, 0) is 0 Å². The molecular weight excluding hydrogens is 311 g/mol. The highest BCUT2D eigenvalue weighted by molar-refractivity contribution is 6.43. The van der Waals surface area contributed by atoms with Gasteiger partial charge in [-0.05, 0) is 17.3 Å². The number of hydrogen-bond acceptors (Lipinski definition) is 4. The monoisotopic (exact) mass is 314 g/mol. The van der Waals surface area contributed by atoms with E-state index < -0.39 is 0 Å². The Morgan fingerprint density at radius 1 is 1.16 bits per heavy atom. The van der Waals surface area contributed by atoms with Gasteiger partial charge in [0.2, 0.25) is 5.82 Å². The van der Waals surface area contributed by atoms with Gasteiger partial charge in [-0.3, -0.25) is 0 Å². The van der Waals surface area contributed by atoms with Crippen LogP contribution in [0, 0.1) is 0 Å². The van der Waals surface area contributed by atoms with Gasteiger partial charge in [0.25, 0.3) is 0 Å². The van der Waals surface area contributed by atoms with E-state index in [2.05, 4.69) is 25.7 Å². The summed E-state index contributed by atoms with van der Waals surface area (Å²) in [7, 11) is 0. The third kappa shape index (κ3) is 2.07. The first-order valence-corrected chi connectivity index (χ1v) is 6.23. The van der Waals surface area contributed by atoms with E-state index in [1.54, 1.807) is 18.2 Å². The number of aromatic nitrogens is 6. The zero-order valence-corrected chi connectivity index (χ0v) is 11.4. The van der Waals surface area contributed by atoms with Gasteiger partial charge in [-0.25, -0.2) is 4.68 Å². The van der Waals surface area contributed by atoms with Crippen molar-refractivity contribution < 1.29 is 0 Å². The van der Waals surface area contributed by atoms with Crippen molar-refractivity contribution in [3.05, 3.63) is 39.6 Å². The largest absolute Gasteiger partial charge is 0.220 e. The molecule has 3 rings (SSSR count). The Hall–Kier alpha value is -1.63. The second kappa shape index (κ2) is 4.80. The highest BCUT2D eigenvalue weighted by Gasteiger charge is 2.17. The summed E-state index contributed by atoms with van der Waals surface area (Å²) in [5, 5.41) is 18.8. The second-order valence-corrected chi connectivity index (χ2v) is 4.71. The number of nitrogens with one attached hydrogen (secondary N) is 1. The topological polar surface area (TPSA) is 72.3 Å². The smallest absolute Gasteiger partial charge is 0.209 e. The molecule has 6 nitrogen and oxygen atoms in total. The maximum absolute atomic E-state index is 6.25. The fourth-order valence-electron chi connectivity index (χ4n) is 1.58. The summed E-state index contributed by atoms with van der Waals surface area (Å²) >= 11 is 18.4. The van der Waals surface area contributed by atoms with E-state index in [0.717, 1.165) is 0 Å². The van der Waals surface area contributed by atoms with Crippen molar-refractivity contribution in [1.29, 1.82) is 0 Å². The molecule has 0 saturated carbocycles. The summed E-state index contributed by atoms with van der Waals surface area (Å²) in [6.45, 7) is 0. The molecule has 1 N–H and O–H groups in total. The molecule has 0 aliphatic carbocycles. The van der Waals surface area contributed by atoms with E-state index >= 15 is 0 Å². The Labute approximate surface area is 122 Å². The van der Waals surface area contributed by atoms with Gasteiger partial charge >= 0.3 is 0 Å². The molecule has 96 valence electrons. The summed E-state index contributed by atoms with van der Waals surface area (Å²) in [6, 6.07) is 5.20. The fraction of sp³-hybridized carbons (Fsp3) is 0. The summed E-state index contributed by atoms with van der Waals surface area (Å²) in [5.74, 6) is 0.356. The zero-order valence-electron chi connectivity index (χ0n) is 9.18. The van der Waals surface area contributed by atoms with Gasteiger partial charge < -0.3 is 0 Å². The van der Waals surface area contributed by atoms with Crippen LogP contribution < -0.4 is 0 Å². The van der Waals surface area contributed by atoms with Gasteiger partial charge in [0.05, 0.1) is 27.5 Å². The Morgan fingerprint density at radius 2 is 2.00 bits per heavy atom. The van der Waals surface area contributed by atoms with Gasteiger partial charge in [-0.2, -0.15) is 10.3 Å². The quantitative estimate of drug-likeness (QED) is 0.789. The van der Waals surface area contributed by atoms with Gasteiger partial charge in [0, 0.05) is 0 Å². The van der Waals surface area contributed by atoms with Crippen LogP contribution in [0.3, 0.4) is 0 Å². The zero-order chi connectivity index (χ0) is 13.4. The minimum Gasteiger partial charge on any atom is -0.220 e. The van der Waals surface area contributed by atoms with Crippen LogP contribution in [0.4, 0.5) is 0 Å². The molecule has 0 atom stereocenters. The summed E-state index contributed by atoms with van der Waals surface area (Å²) in [6.07, 6.45) is 1.53. The Kier molecular flexibility index (Phi) is 3.14. The third-order valence-electron chi connectivity index (χ3n) is 2.46. The minimum atomic E-state index is 0.325. The first-order valence-electron chi connectivity index (χ1n) is 5.10. The number of benzene rings is 1. The molecule has 1 aromatic carbocycles. The molecule has 0 unspecified atom stereocenters. The van der Waals surface area contributed by atoms with Crippen LogP contribution in [0.25, 0.3) is 17.1 Å². The normalized spacial score (nSPS) is 10.9. The molecule has 0 spiro atoms. The number of halogens is 3. The third-order valence-corrected chi connectivity index (χ3v) is 3.63. The van der Waals surface area contributed by atoms with Crippen molar-refractivity contribution in [3.63, 3.8) is 0 Å². The molecule has 0 radical (unpaired) electrons. The van der Waals surface area contributed by atoms with Crippen molar-refractivity contribution in [2.75, 3.05) is 0 Å². The molecule has 0 saturated heterocycles. The predicted molar refractivity (Wildman–Crippen MR) is 71.8 cm³/mol. The van der Waals surface area contributed by atoms with E-state index in [0.29, 0.717) is 32.3 Å². The van der Waals surface area contributed by atoms with E-state index in [9.17, 15) is 0 Å². The van der Waals surface area contributed by atoms with Crippen LogP contribution in [0.1, 0.15) is 0 Å². The SMILES string of the molecule is Clc1cccc(-n2ncc(-c3nn[nH]n3)c2Cl)c1Cl. The lowest BCUT2D eigenvalue weighted by molar-refractivity contribution is 0.881. The first kappa shape index (κ1) is 12.4. The maximum Gasteiger partial charge on any atom is 0.209 e. The van der Waals surface area contributed by atoms with Crippen molar-refractivity contribution in [2.45, 2.75) is 0 Å². The van der Waals surface area contributed by atoms with Gasteiger partial charge in [0.1, 0.15) is 5.15 Å². The summed E-state index contributed by atoms with van der Waals surface area (Å²) in [4.78, 5) is 0. The average Bonchev–Trinajstić information content (AvgIpc) is 3.02. The lowest BCUT2D eigenvalue weighted by Crippen LogP contribution is -1.97. The molecule has 0 aliphatic heterocycles. The molecule has 9 heteroatoms. The number of H-pyrrole nitrogens is 1. The Bertz CT molecular complexity index is 721. The summed E-state index contributed by atoms with van der Waals surface area (Å²) in [5.41, 5.74) is 1.13. The van der Waals surface area contributed by atoms with E-state index in [-0.39, 0.29) is 0 Å². The molecule has 0 fully saturated rings. The molecule has 0 bridgehead atoms. The predicted octanol–water partition coefficient (Wildman–Crippen LogP) is 3.01. The van der Waals surface area contributed by atoms with Crippen molar-refractivity contribution >= 4 is 34.8 Å². The Morgan fingerprint density at radius 3 is 2.74 bits per heavy atom. The number of aromatic amines is 1. The van der Waals surface area contributed by atoms with Crippen molar-refractivity contribution in [3.8, 4) is 17.1 Å². The highest BCUT2D eigenvalue weighted by atomic mass is 35.5. The number of tetrazole rings is 1. The first-order chi connectivity index (χ1) is 9.18. The van der Waals surface area contributed by atoms with Crippen LogP contribution in [0.15, 0.2) is 24.4 Å². The van der Waals surface area contributed by atoms with E-state index in [1.165, 1.54) is 10.9 Å². The van der Waals surface area contributed by atoms with E-state index in [4.69, 9.17) is 34.8 Å². The standard InChI is InChI=1S/C10H5Cl3N6/c11-6-2-1-3-7(8(6)12)19-9(13)5(4-14-19)10-15-17-18-16-10/h1-4H,(H,15,16,17,18). The average molecular weight is 316 g/mol. The lowest BCUT2D eigenvalue weighted by Gasteiger charge is -2.06. The van der Waals surface area contributed by atoms with E-state index in [1.807, 2.05) is 0 Å². The molecule has 3 aromatic rings. The van der Waals surface area contributed by atoms with Gasteiger partial charge in [0.15, 0.2) is 0 Å². The lowest BCUT2D eigenvalue weighted by atomic mass is 10.3. The number of rotatable bonds is 2.